The van der Waals surface area contributed by atoms with E-state index < -0.39 is 5.97 Å². The third-order valence-corrected chi connectivity index (χ3v) is 2.26. The van der Waals surface area contributed by atoms with Crippen molar-refractivity contribution in [3.8, 4) is 0 Å². The summed E-state index contributed by atoms with van der Waals surface area (Å²) in [5.41, 5.74) is 1.70. The molecule has 0 spiro atoms. The van der Waals surface area contributed by atoms with Gasteiger partial charge in [-0.05, 0) is 29.8 Å². The van der Waals surface area contributed by atoms with Crippen molar-refractivity contribution in [1.29, 1.82) is 0 Å². The lowest BCUT2D eigenvalue weighted by molar-refractivity contribution is 0.0691. The van der Waals surface area contributed by atoms with E-state index in [0.717, 1.165) is 11.3 Å². The Kier molecular flexibility index (Phi) is 2.72. The maximum atomic E-state index is 12.9. The summed E-state index contributed by atoms with van der Waals surface area (Å²) >= 11 is 0. The zero-order chi connectivity index (χ0) is 11.5. The fourth-order valence-corrected chi connectivity index (χ4v) is 1.53. The molecule has 0 radical (unpaired) electrons. The lowest BCUT2D eigenvalue weighted by Crippen LogP contribution is -1.97. The second-order valence-electron chi connectivity index (χ2n) is 3.51. The van der Waals surface area contributed by atoms with Crippen molar-refractivity contribution in [2.24, 2.45) is 0 Å². The molecule has 0 unspecified atom stereocenters. The quantitative estimate of drug-likeness (QED) is 0.833. The van der Waals surface area contributed by atoms with E-state index in [9.17, 15) is 9.18 Å². The number of benzene rings is 1. The number of carboxylic acid groups (broad SMARTS) is 1. The Balaban J connectivity index is 2.17. The molecule has 0 fully saturated rings. The molecule has 0 saturated heterocycles. The largest absolute Gasteiger partial charge is 0.477 e. The lowest BCUT2D eigenvalue weighted by atomic mass is 10.1. The van der Waals surface area contributed by atoms with E-state index in [1.807, 2.05) is 0 Å². The lowest BCUT2D eigenvalue weighted by Gasteiger charge is -1.99. The molecular formula is C12H10FNO2. The molecule has 1 aromatic carbocycles. The molecule has 1 aromatic heterocycles. The van der Waals surface area contributed by atoms with Crippen molar-refractivity contribution in [3.05, 3.63) is 59.2 Å². The zero-order valence-corrected chi connectivity index (χ0v) is 8.40. The standard InChI is InChI=1S/C12H10FNO2/c13-9-3-1-2-8(6-9)7-10-4-5-11(14-10)12(15)16/h1-6,14H,7H2,(H,15,16). The van der Waals surface area contributed by atoms with Gasteiger partial charge < -0.3 is 10.1 Å². The minimum absolute atomic E-state index is 0.145. The zero-order valence-electron chi connectivity index (χ0n) is 8.40. The maximum absolute atomic E-state index is 12.9. The molecule has 1 heterocycles. The molecule has 0 aliphatic heterocycles. The summed E-state index contributed by atoms with van der Waals surface area (Å²) in [4.78, 5) is 13.4. The molecule has 3 nitrogen and oxygen atoms in total. The highest BCUT2D eigenvalue weighted by Crippen LogP contribution is 2.10. The molecule has 2 rings (SSSR count). The summed E-state index contributed by atoms with van der Waals surface area (Å²) in [7, 11) is 0. The van der Waals surface area contributed by atoms with Crippen LogP contribution in [0.5, 0.6) is 0 Å². The van der Waals surface area contributed by atoms with E-state index in [1.54, 1.807) is 18.2 Å². The first-order chi connectivity index (χ1) is 7.65. The van der Waals surface area contributed by atoms with Crippen LogP contribution in [-0.4, -0.2) is 16.1 Å². The van der Waals surface area contributed by atoms with Crippen LogP contribution in [0.3, 0.4) is 0 Å². The Morgan fingerprint density at radius 3 is 2.75 bits per heavy atom. The molecule has 0 bridgehead atoms. The molecule has 2 aromatic rings. The van der Waals surface area contributed by atoms with Crippen molar-refractivity contribution in [2.75, 3.05) is 0 Å². The Morgan fingerprint density at radius 1 is 1.31 bits per heavy atom. The number of carbonyl (C=O) groups is 1. The predicted octanol–water partition coefficient (Wildman–Crippen LogP) is 2.44. The molecule has 2 N–H and O–H groups in total. The third-order valence-electron chi connectivity index (χ3n) is 2.26. The number of halogens is 1. The Hall–Kier alpha value is -2.10. The summed E-state index contributed by atoms with van der Waals surface area (Å²) in [6, 6.07) is 9.42. The van der Waals surface area contributed by atoms with Crippen LogP contribution in [0.4, 0.5) is 4.39 Å². The first kappa shape index (κ1) is 10.4. The first-order valence-electron chi connectivity index (χ1n) is 4.81. The topological polar surface area (TPSA) is 53.1 Å². The smallest absolute Gasteiger partial charge is 0.352 e. The fourth-order valence-electron chi connectivity index (χ4n) is 1.53. The molecule has 0 saturated carbocycles. The van der Waals surface area contributed by atoms with Crippen LogP contribution in [0.2, 0.25) is 0 Å². The molecule has 4 heteroatoms. The van der Waals surface area contributed by atoms with Crippen LogP contribution in [0.1, 0.15) is 21.7 Å². The van der Waals surface area contributed by atoms with Gasteiger partial charge in [0.25, 0.3) is 0 Å². The van der Waals surface area contributed by atoms with E-state index in [4.69, 9.17) is 5.11 Å². The number of hydrogen-bond acceptors (Lipinski definition) is 1. The number of hydrogen-bond donors (Lipinski definition) is 2. The van der Waals surface area contributed by atoms with Gasteiger partial charge in [0.15, 0.2) is 0 Å². The Morgan fingerprint density at radius 2 is 2.12 bits per heavy atom. The highest BCUT2D eigenvalue weighted by atomic mass is 19.1. The average molecular weight is 219 g/mol. The number of aromatic nitrogens is 1. The second kappa shape index (κ2) is 4.18. The Labute approximate surface area is 91.5 Å². The Bertz CT molecular complexity index is 519. The maximum Gasteiger partial charge on any atom is 0.352 e. The summed E-state index contributed by atoms with van der Waals surface area (Å²) in [5, 5.41) is 8.72. The minimum atomic E-state index is -0.995. The van der Waals surface area contributed by atoms with Crippen LogP contribution in [-0.2, 0) is 6.42 Å². The van der Waals surface area contributed by atoms with Crippen LogP contribution < -0.4 is 0 Å². The summed E-state index contributed by atoms with van der Waals surface area (Å²) in [6.45, 7) is 0. The van der Waals surface area contributed by atoms with Crippen LogP contribution in [0.25, 0.3) is 0 Å². The van der Waals surface area contributed by atoms with Gasteiger partial charge >= 0.3 is 5.97 Å². The van der Waals surface area contributed by atoms with Gasteiger partial charge in [0, 0.05) is 12.1 Å². The number of rotatable bonds is 3. The highest BCUT2D eigenvalue weighted by Gasteiger charge is 2.06. The monoisotopic (exact) mass is 219 g/mol. The minimum Gasteiger partial charge on any atom is -0.477 e. The van der Waals surface area contributed by atoms with Crippen LogP contribution in [0, 0.1) is 5.82 Å². The van der Waals surface area contributed by atoms with Gasteiger partial charge in [-0.2, -0.15) is 0 Å². The molecule has 82 valence electrons. The van der Waals surface area contributed by atoms with Gasteiger partial charge in [-0.1, -0.05) is 12.1 Å². The summed E-state index contributed by atoms with van der Waals surface area (Å²) in [5.74, 6) is -1.28. The van der Waals surface area contributed by atoms with Gasteiger partial charge in [-0.3, -0.25) is 0 Å². The summed E-state index contributed by atoms with van der Waals surface area (Å²) < 4.78 is 12.9. The molecule has 16 heavy (non-hydrogen) atoms. The van der Waals surface area contributed by atoms with Gasteiger partial charge in [-0.15, -0.1) is 0 Å². The number of aromatic amines is 1. The van der Waals surface area contributed by atoms with Crippen molar-refractivity contribution < 1.29 is 14.3 Å². The van der Waals surface area contributed by atoms with Gasteiger partial charge in [-0.25, -0.2) is 9.18 Å². The molecule has 0 amide bonds. The highest BCUT2D eigenvalue weighted by molar-refractivity contribution is 5.85. The SMILES string of the molecule is O=C(O)c1ccc(Cc2cccc(F)c2)[nH]1. The van der Waals surface area contributed by atoms with Gasteiger partial charge in [0.2, 0.25) is 0 Å². The van der Waals surface area contributed by atoms with Gasteiger partial charge in [0.05, 0.1) is 0 Å². The number of aromatic carboxylic acids is 1. The number of H-pyrrole nitrogens is 1. The van der Waals surface area contributed by atoms with E-state index in [-0.39, 0.29) is 11.5 Å². The van der Waals surface area contributed by atoms with E-state index in [0.29, 0.717) is 6.42 Å². The van der Waals surface area contributed by atoms with Gasteiger partial charge in [0.1, 0.15) is 11.5 Å². The van der Waals surface area contributed by atoms with Crippen molar-refractivity contribution in [3.63, 3.8) is 0 Å². The number of carboxylic acids is 1. The van der Waals surface area contributed by atoms with E-state index >= 15 is 0 Å². The number of nitrogens with one attached hydrogen (secondary N) is 1. The molecular weight excluding hydrogens is 209 g/mol. The van der Waals surface area contributed by atoms with Crippen LogP contribution in [0.15, 0.2) is 36.4 Å². The normalized spacial score (nSPS) is 10.3. The third kappa shape index (κ3) is 2.28. The predicted molar refractivity (Wildman–Crippen MR) is 57.0 cm³/mol. The van der Waals surface area contributed by atoms with Crippen molar-refractivity contribution in [2.45, 2.75) is 6.42 Å². The summed E-state index contributed by atoms with van der Waals surface area (Å²) in [6.07, 6.45) is 0.491. The van der Waals surface area contributed by atoms with Crippen molar-refractivity contribution in [1.82, 2.24) is 4.98 Å². The molecule has 0 atom stereocenters. The average Bonchev–Trinajstić information content (AvgIpc) is 2.66. The first-order valence-corrected chi connectivity index (χ1v) is 4.81. The van der Waals surface area contributed by atoms with Crippen LogP contribution >= 0.6 is 0 Å². The van der Waals surface area contributed by atoms with E-state index in [1.165, 1.54) is 18.2 Å². The van der Waals surface area contributed by atoms with Crippen molar-refractivity contribution >= 4 is 5.97 Å². The second-order valence-corrected chi connectivity index (χ2v) is 3.51. The van der Waals surface area contributed by atoms with E-state index in [2.05, 4.69) is 4.98 Å². The molecule has 0 aliphatic rings. The molecule has 0 aliphatic carbocycles. The fraction of sp³-hybridized carbons (Fsp3) is 0.0833.